The lowest BCUT2D eigenvalue weighted by molar-refractivity contribution is 0.813. The number of aromatic nitrogens is 4. The van der Waals surface area contributed by atoms with Crippen LogP contribution in [0.1, 0.15) is 31.0 Å². The molecule has 0 aliphatic heterocycles. The first-order valence-electron chi connectivity index (χ1n) is 6.21. The Bertz CT molecular complexity index is 713. The van der Waals surface area contributed by atoms with Crippen LogP contribution in [-0.2, 0) is 6.54 Å². The second kappa shape index (κ2) is 4.71. The Morgan fingerprint density at radius 2 is 2.21 bits per heavy atom. The van der Waals surface area contributed by atoms with Crippen LogP contribution < -0.4 is 5.73 Å². The average Bonchev–Trinajstić information content (AvgIpc) is 3.03. The largest absolute Gasteiger partial charge is 0.337 e. The van der Waals surface area contributed by atoms with Crippen molar-refractivity contribution in [1.29, 1.82) is 0 Å². The van der Waals surface area contributed by atoms with E-state index in [9.17, 15) is 0 Å². The van der Waals surface area contributed by atoms with Crippen molar-refractivity contribution < 1.29 is 0 Å². The van der Waals surface area contributed by atoms with Gasteiger partial charge in [0, 0.05) is 6.54 Å². The summed E-state index contributed by atoms with van der Waals surface area (Å²) in [5.74, 6) is 1.16. The van der Waals surface area contributed by atoms with Gasteiger partial charge in [-0.1, -0.05) is 30.5 Å². The number of para-hydroxylation sites is 1. The molecule has 2 heterocycles. The van der Waals surface area contributed by atoms with Crippen LogP contribution in [0.5, 0.6) is 0 Å². The van der Waals surface area contributed by atoms with E-state index in [1.54, 1.807) is 0 Å². The number of aromatic amines is 1. The molecule has 0 amide bonds. The zero-order valence-electron chi connectivity index (χ0n) is 10.8. The Kier molecular flexibility index (Phi) is 3.04. The number of nitrogens with zero attached hydrogens (tertiary/aromatic N) is 3. The van der Waals surface area contributed by atoms with Gasteiger partial charge in [0.1, 0.15) is 4.88 Å². The van der Waals surface area contributed by atoms with Crippen molar-refractivity contribution >= 4 is 22.6 Å². The maximum Gasteiger partial charge on any atom is 0.152 e. The molecule has 2 aromatic heterocycles. The molecule has 6 heteroatoms. The van der Waals surface area contributed by atoms with E-state index in [1.165, 1.54) is 11.5 Å². The molecule has 0 aliphatic carbocycles. The average molecular weight is 273 g/mol. The maximum absolute atomic E-state index is 5.75. The second-order valence-electron chi connectivity index (χ2n) is 4.74. The molecular weight excluding hydrogens is 258 g/mol. The molecule has 0 bridgehead atoms. The van der Waals surface area contributed by atoms with Gasteiger partial charge in [0.2, 0.25) is 0 Å². The number of fused-ring (bicyclic) bond motifs is 1. The third-order valence-electron chi connectivity index (χ3n) is 3.09. The van der Waals surface area contributed by atoms with Gasteiger partial charge in [0.15, 0.2) is 5.82 Å². The lowest BCUT2D eigenvalue weighted by Gasteiger charge is -2.00. The SMILES string of the molecule is CC(C)c1nnsc1-c1nc2c(CN)cccc2[nH]1. The van der Waals surface area contributed by atoms with E-state index in [1.807, 2.05) is 18.2 Å². The van der Waals surface area contributed by atoms with Crippen molar-refractivity contribution in [2.24, 2.45) is 5.73 Å². The summed E-state index contributed by atoms with van der Waals surface area (Å²) in [7, 11) is 0. The fraction of sp³-hybridized carbons (Fsp3) is 0.308. The van der Waals surface area contributed by atoms with Gasteiger partial charge < -0.3 is 10.7 Å². The van der Waals surface area contributed by atoms with Crippen molar-refractivity contribution in [3.05, 3.63) is 29.5 Å². The van der Waals surface area contributed by atoms with Gasteiger partial charge in [-0.15, -0.1) is 5.10 Å². The molecule has 5 nitrogen and oxygen atoms in total. The first kappa shape index (κ1) is 12.3. The summed E-state index contributed by atoms with van der Waals surface area (Å²) in [5, 5.41) is 4.19. The lowest BCUT2D eigenvalue weighted by atomic mass is 10.1. The highest BCUT2D eigenvalue weighted by Gasteiger charge is 2.17. The summed E-state index contributed by atoms with van der Waals surface area (Å²) in [4.78, 5) is 9.00. The molecule has 3 rings (SSSR count). The predicted molar refractivity (Wildman–Crippen MR) is 77.0 cm³/mol. The molecule has 0 radical (unpaired) electrons. The summed E-state index contributed by atoms with van der Waals surface area (Å²) in [6.07, 6.45) is 0. The molecule has 3 N–H and O–H groups in total. The zero-order chi connectivity index (χ0) is 13.4. The molecule has 0 saturated heterocycles. The normalized spacial score (nSPS) is 11.6. The van der Waals surface area contributed by atoms with Crippen LogP contribution in [0.25, 0.3) is 21.7 Å². The predicted octanol–water partition coefficient (Wildman–Crippen LogP) is 2.66. The Labute approximate surface area is 115 Å². The summed E-state index contributed by atoms with van der Waals surface area (Å²) in [6.45, 7) is 4.70. The zero-order valence-corrected chi connectivity index (χ0v) is 11.7. The van der Waals surface area contributed by atoms with Crippen LogP contribution in [-0.4, -0.2) is 19.6 Å². The molecule has 0 fully saturated rings. The van der Waals surface area contributed by atoms with Crippen LogP contribution >= 0.6 is 11.5 Å². The fourth-order valence-electron chi connectivity index (χ4n) is 2.10. The van der Waals surface area contributed by atoms with Gasteiger partial charge in [0.05, 0.1) is 16.7 Å². The van der Waals surface area contributed by atoms with E-state index in [0.29, 0.717) is 12.5 Å². The van der Waals surface area contributed by atoms with Gasteiger partial charge in [-0.3, -0.25) is 0 Å². The Hall–Kier alpha value is -1.79. The van der Waals surface area contributed by atoms with Crippen molar-refractivity contribution in [2.75, 3.05) is 0 Å². The van der Waals surface area contributed by atoms with Crippen molar-refractivity contribution in [2.45, 2.75) is 26.3 Å². The molecule has 3 aromatic rings. The van der Waals surface area contributed by atoms with Gasteiger partial charge in [-0.05, 0) is 29.1 Å². The van der Waals surface area contributed by atoms with Gasteiger partial charge in [-0.25, -0.2) is 4.98 Å². The number of hydrogen-bond acceptors (Lipinski definition) is 5. The first-order chi connectivity index (χ1) is 9.20. The quantitative estimate of drug-likeness (QED) is 0.768. The van der Waals surface area contributed by atoms with E-state index in [0.717, 1.165) is 33.0 Å². The minimum Gasteiger partial charge on any atom is -0.337 e. The van der Waals surface area contributed by atoms with Crippen LogP contribution in [0, 0.1) is 0 Å². The third kappa shape index (κ3) is 2.02. The first-order valence-corrected chi connectivity index (χ1v) is 6.98. The fourth-order valence-corrected chi connectivity index (χ4v) is 2.87. The number of rotatable bonds is 3. The number of nitrogens with two attached hydrogens (primary N) is 1. The standard InChI is InChI=1S/C13H15N5S/c1-7(2)10-12(19-18-17-10)13-15-9-5-3-4-8(6-14)11(9)16-13/h3-5,7H,6,14H2,1-2H3,(H,15,16). The molecule has 0 unspecified atom stereocenters. The van der Waals surface area contributed by atoms with Crippen LogP contribution in [0.3, 0.4) is 0 Å². The van der Waals surface area contributed by atoms with Crippen LogP contribution in [0.15, 0.2) is 18.2 Å². The highest BCUT2D eigenvalue weighted by atomic mass is 32.1. The number of nitrogens with one attached hydrogen (secondary N) is 1. The van der Waals surface area contributed by atoms with E-state index in [2.05, 4.69) is 33.4 Å². The van der Waals surface area contributed by atoms with Crippen LogP contribution in [0.2, 0.25) is 0 Å². The van der Waals surface area contributed by atoms with E-state index in [-0.39, 0.29) is 0 Å². The molecular formula is C13H15N5S. The lowest BCUT2D eigenvalue weighted by Crippen LogP contribution is -1.96. The number of benzene rings is 1. The third-order valence-corrected chi connectivity index (χ3v) is 3.84. The molecule has 1 aromatic carbocycles. The summed E-state index contributed by atoms with van der Waals surface area (Å²) in [6, 6.07) is 6.00. The van der Waals surface area contributed by atoms with E-state index >= 15 is 0 Å². The van der Waals surface area contributed by atoms with Crippen molar-refractivity contribution in [3.8, 4) is 10.7 Å². The maximum atomic E-state index is 5.75. The molecule has 0 aliphatic rings. The smallest absolute Gasteiger partial charge is 0.152 e. The van der Waals surface area contributed by atoms with Crippen molar-refractivity contribution in [3.63, 3.8) is 0 Å². The molecule has 0 atom stereocenters. The Morgan fingerprint density at radius 3 is 2.95 bits per heavy atom. The van der Waals surface area contributed by atoms with Gasteiger partial charge >= 0.3 is 0 Å². The number of imidazole rings is 1. The summed E-state index contributed by atoms with van der Waals surface area (Å²) in [5.41, 5.74) is 9.71. The molecule has 0 spiro atoms. The van der Waals surface area contributed by atoms with Gasteiger partial charge in [-0.2, -0.15) is 0 Å². The minimum atomic E-state index is 0.330. The topological polar surface area (TPSA) is 80.5 Å². The summed E-state index contributed by atoms with van der Waals surface area (Å²) >= 11 is 1.37. The minimum absolute atomic E-state index is 0.330. The Balaban J connectivity index is 2.18. The van der Waals surface area contributed by atoms with E-state index < -0.39 is 0 Å². The van der Waals surface area contributed by atoms with E-state index in [4.69, 9.17) is 5.73 Å². The molecule has 19 heavy (non-hydrogen) atoms. The van der Waals surface area contributed by atoms with Gasteiger partial charge in [0.25, 0.3) is 0 Å². The summed E-state index contributed by atoms with van der Waals surface area (Å²) < 4.78 is 4.04. The van der Waals surface area contributed by atoms with Crippen molar-refractivity contribution in [1.82, 2.24) is 19.6 Å². The molecule has 0 saturated carbocycles. The highest BCUT2D eigenvalue weighted by Crippen LogP contribution is 2.30. The molecule has 98 valence electrons. The number of hydrogen-bond donors (Lipinski definition) is 2. The highest BCUT2D eigenvalue weighted by molar-refractivity contribution is 7.09. The monoisotopic (exact) mass is 273 g/mol. The van der Waals surface area contributed by atoms with Crippen LogP contribution in [0.4, 0.5) is 0 Å². The second-order valence-corrected chi connectivity index (χ2v) is 5.50. The number of H-pyrrole nitrogens is 1. The Morgan fingerprint density at radius 1 is 1.37 bits per heavy atom.